The van der Waals surface area contributed by atoms with Crippen LogP contribution in [0.4, 0.5) is 0 Å². The Morgan fingerprint density at radius 3 is 2.94 bits per heavy atom. The molecule has 1 aromatic heterocycles. The van der Waals surface area contributed by atoms with Crippen molar-refractivity contribution in [1.29, 1.82) is 0 Å². The largest absolute Gasteiger partial charge is 0.472 e. The molecule has 90 valence electrons. The predicted octanol–water partition coefficient (Wildman–Crippen LogP) is 2.22. The molecule has 1 N–H and O–H groups in total. The van der Waals surface area contributed by atoms with Crippen molar-refractivity contribution >= 4 is 5.91 Å². The summed E-state index contributed by atoms with van der Waals surface area (Å²) in [5.41, 5.74) is 0.562. The molecule has 1 heterocycles. The summed E-state index contributed by atoms with van der Waals surface area (Å²) in [4.78, 5) is 11.4. The Kier molecular flexibility index (Phi) is 6.33. The second-order valence-electron chi connectivity index (χ2n) is 3.59. The molecule has 0 radical (unpaired) electrons. The second-order valence-corrected chi connectivity index (χ2v) is 3.59. The van der Waals surface area contributed by atoms with Crippen molar-refractivity contribution in [1.82, 2.24) is 5.32 Å². The zero-order valence-corrected chi connectivity index (χ0v) is 9.70. The van der Waals surface area contributed by atoms with E-state index in [1.165, 1.54) is 12.5 Å². The van der Waals surface area contributed by atoms with E-state index in [1.807, 2.05) is 0 Å². The summed E-state index contributed by atoms with van der Waals surface area (Å²) in [6, 6.07) is 1.65. The number of carbonyl (C=O) groups excluding carboxylic acids is 1. The van der Waals surface area contributed by atoms with Crippen LogP contribution in [-0.2, 0) is 4.74 Å². The Bertz CT molecular complexity index is 282. The number of hydrogen-bond donors (Lipinski definition) is 1. The first-order valence-corrected chi connectivity index (χ1v) is 5.72. The van der Waals surface area contributed by atoms with Gasteiger partial charge in [-0.25, -0.2) is 0 Å². The summed E-state index contributed by atoms with van der Waals surface area (Å²) >= 11 is 0. The molecule has 4 heteroatoms. The van der Waals surface area contributed by atoms with E-state index in [-0.39, 0.29) is 5.91 Å². The lowest BCUT2D eigenvalue weighted by Crippen LogP contribution is -2.24. The standard InChI is InChI=1S/C12H19NO3/c1-2-3-7-15-8-4-6-13-12(14)11-5-9-16-10-11/h5,9-10H,2-4,6-8H2,1H3,(H,13,14). The molecule has 0 atom stereocenters. The van der Waals surface area contributed by atoms with E-state index in [4.69, 9.17) is 9.15 Å². The van der Waals surface area contributed by atoms with Crippen molar-refractivity contribution in [2.75, 3.05) is 19.8 Å². The molecule has 0 saturated heterocycles. The maximum absolute atomic E-state index is 11.4. The summed E-state index contributed by atoms with van der Waals surface area (Å²) in [5.74, 6) is -0.0951. The number of hydrogen-bond acceptors (Lipinski definition) is 3. The molecule has 0 unspecified atom stereocenters. The summed E-state index contributed by atoms with van der Waals surface area (Å²) in [6.07, 6.45) is 6.02. The fourth-order valence-corrected chi connectivity index (χ4v) is 1.22. The van der Waals surface area contributed by atoms with Gasteiger partial charge in [-0.15, -0.1) is 0 Å². The fourth-order valence-electron chi connectivity index (χ4n) is 1.22. The Morgan fingerprint density at radius 2 is 2.25 bits per heavy atom. The molecule has 16 heavy (non-hydrogen) atoms. The highest BCUT2D eigenvalue weighted by atomic mass is 16.5. The molecule has 0 spiro atoms. The van der Waals surface area contributed by atoms with Crippen LogP contribution in [0.3, 0.4) is 0 Å². The van der Waals surface area contributed by atoms with Gasteiger partial charge in [-0.05, 0) is 18.9 Å². The van der Waals surface area contributed by atoms with Gasteiger partial charge in [0.15, 0.2) is 0 Å². The van der Waals surface area contributed by atoms with Gasteiger partial charge < -0.3 is 14.5 Å². The number of ether oxygens (including phenoxy) is 1. The molecule has 0 bridgehead atoms. The van der Waals surface area contributed by atoms with Crippen LogP contribution in [0.1, 0.15) is 36.5 Å². The average molecular weight is 225 g/mol. The van der Waals surface area contributed by atoms with Gasteiger partial charge in [-0.3, -0.25) is 4.79 Å². The van der Waals surface area contributed by atoms with Crippen molar-refractivity contribution in [2.24, 2.45) is 0 Å². The molecular formula is C12H19NO3. The smallest absolute Gasteiger partial charge is 0.254 e. The quantitative estimate of drug-likeness (QED) is 0.690. The van der Waals surface area contributed by atoms with Gasteiger partial charge in [0.1, 0.15) is 6.26 Å². The van der Waals surface area contributed by atoms with Gasteiger partial charge in [0.25, 0.3) is 5.91 Å². The highest BCUT2D eigenvalue weighted by Gasteiger charge is 2.04. The van der Waals surface area contributed by atoms with Crippen LogP contribution in [0.15, 0.2) is 23.0 Å². The minimum atomic E-state index is -0.0951. The van der Waals surface area contributed by atoms with Crippen molar-refractivity contribution in [3.05, 3.63) is 24.2 Å². The first-order chi connectivity index (χ1) is 7.84. The van der Waals surface area contributed by atoms with Crippen molar-refractivity contribution in [2.45, 2.75) is 26.2 Å². The molecule has 1 amide bonds. The maximum atomic E-state index is 11.4. The average Bonchev–Trinajstić information content (AvgIpc) is 2.81. The van der Waals surface area contributed by atoms with Crippen LogP contribution < -0.4 is 5.32 Å². The summed E-state index contributed by atoms with van der Waals surface area (Å²) in [6.45, 7) is 4.28. The van der Waals surface area contributed by atoms with Crippen molar-refractivity contribution in [3.63, 3.8) is 0 Å². The molecule has 0 aromatic carbocycles. The number of furan rings is 1. The molecule has 0 aliphatic carbocycles. The number of amides is 1. The van der Waals surface area contributed by atoms with E-state index in [2.05, 4.69) is 12.2 Å². The van der Waals surface area contributed by atoms with Gasteiger partial charge in [0.2, 0.25) is 0 Å². The van der Waals surface area contributed by atoms with Crippen LogP contribution in [0.5, 0.6) is 0 Å². The van der Waals surface area contributed by atoms with E-state index in [0.29, 0.717) is 18.7 Å². The van der Waals surface area contributed by atoms with Gasteiger partial charge in [0, 0.05) is 19.8 Å². The first-order valence-electron chi connectivity index (χ1n) is 5.72. The Hall–Kier alpha value is -1.29. The number of unbranched alkanes of at least 4 members (excludes halogenated alkanes) is 1. The molecule has 0 aliphatic heterocycles. The normalized spacial score (nSPS) is 10.3. The first kappa shape index (κ1) is 12.8. The fraction of sp³-hybridized carbons (Fsp3) is 0.583. The lowest BCUT2D eigenvalue weighted by molar-refractivity contribution is 0.0940. The van der Waals surface area contributed by atoms with Crippen LogP contribution in [0.2, 0.25) is 0 Å². The van der Waals surface area contributed by atoms with Gasteiger partial charge in [-0.1, -0.05) is 13.3 Å². The van der Waals surface area contributed by atoms with Crippen LogP contribution in [0, 0.1) is 0 Å². The minimum absolute atomic E-state index is 0.0951. The third kappa shape index (κ3) is 4.98. The minimum Gasteiger partial charge on any atom is -0.472 e. The molecule has 1 aromatic rings. The summed E-state index contributed by atoms with van der Waals surface area (Å²) in [7, 11) is 0. The lowest BCUT2D eigenvalue weighted by atomic mass is 10.3. The van der Waals surface area contributed by atoms with E-state index in [0.717, 1.165) is 25.9 Å². The number of nitrogens with one attached hydrogen (secondary N) is 1. The zero-order chi connectivity index (χ0) is 11.6. The monoisotopic (exact) mass is 225 g/mol. The highest BCUT2D eigenvalue weighted by Crippen LogP contribution is 1.98. The lowest BCUT2D eigenvalue weighted by Gasteiger charge is -2.04. The predicted molar refractivity (Wildman–Crippen MR) is 61.4 cm³/mol. The molecule has 4 nitrogen and oxygen atoms in total. The SMILES string of the molecule is CCCCOCCCNC(=O)c1ccoc1. The van der Waals surface area contributed by atoms with Crippen molar-refractivity contribution < 1.29 is 13.9 Å². The van der Waals surface area contributed by atoms with E-state index in [9.17, 15) is 4.79 Å². The Balaban J connectivity index is 1.97. The topological polar surface area (TPSA) is 51.5 Å². The van der Waals surface area contributed by atoms with E-state index >= 15 is 0 Å². The molecule has 0 aliphatic rings. The Labute approximate surface area is 96.0 Å². The number of rotatable bonds is 8. The van der Waals surface area contributed by atoms with E-state index in [1.54, 1.807) is 6.07 Å². The zero-order valence-electron chi connectivity index (χ0n) is 9.70. The second kappa shape index (κ2) is 7.93. The van der Waals surface area contributed by atoms with Crippen LogP contribution in [0.25, 0.3) is 0 Å². The van der Waals surface area contributed by atoms with Gasteiger partial charge in [-0.2, -0.15) is 0 Å². The van der Waals surface area contributed by atoms with Gasteiger partial charge >= 0.3 is 0 Å². The third-order valence-electron chi connectivity index (χ3n) is 2.18. The maximum Gasteiger partial charge on any atom is 0.254 e. The van der Waals surface area contributed by atoms with Crippen LogP contribution >= 0.6 is 0 Å². The molecule has 0 fully saturated rings. The molecule has 0 saturated carbocycles. The number of carbonyl (C=O) groups is 1. The Morgan fingerprint density at radius 1 is 1.44 bits per heavy atom. The summed E-state index contributed by atoms with van der Waals surface area (Å²) < 4.78 is 10.2. The molecular weight excluding hydrogens is 206 g/mol. The van der Waals surface area contributed by atoms with E-state index < -0.39 is 0 Å². The molecule has 1 rings (SSSR count). The van der Waals surface area contributed by atoms with Crippen LogP contribution in [-0.4, -0.2) is 25.7 Å². The van der Waals surface area contributed by atoms with Crippen molar-refractivity contribution in [3.8, 4) is 0 Å². The highest BCUT2D eigenvalue weighted by molar-refractivity contribution is 5.93. The summed E-state index contributed by atoms with van der Waals surface area (Å²) in [5, 5.41) is 2.80. The van der Waals surface area contributed by atoms with Gasteiger partial charge in [0.05, 0.1) is 11.8 Å². The third-order valence-corrected chi connectivity index (χ3v) is 2.18.